The number of carbonyl (C=O) groups excluding carboxylic acids is 1. The molecule has 0 bridgehead atoms. The fourth-order valence-electron chi connectivity index (χ4n) is 4.43. The van der Waals surface area contributed by atoms with Crippen LogP contribution in [0.4, 0.5) is 0 Å². The number of nitrogens with one attached hydrogen (secondary N) is 1. The maximum atomic E-state index is 12.8. The van der Waals surface area contributed by atoms with E-state index in [9.17, 15) is 4.79 Å². The number of rotatable bonds is 12. The zero-order valence-corrected chi connectivity index (χ0v) is 22.6. The molecule has 3 N–H and O–H groups in total. The van der Waals surface area contributed by atoms with Gasteiger partial charge in [-0.05, 0) is 87.2 Å². The van der Waals surface area contributed by atoms with Gasteiger partial charge in [0.15, 0.2) is 0 Å². The molecular weight excluding hydrogens is 462 g/mol. The number of amidine groups is 1. The van der Waals surface area contributed by atoms with Crippen LogP contribution >= 0.6 is 0 Å². The normalized spacial score (nSPS) is 11.0. The monoisotopic (exact) mass is 501 g/mol. The number of nitrogens with zero attached hydrogens (tertiary/aromatic N) is 1. The number of ether oxygens (including phenoxy) is 2. The minimum Gasteiger partial charge on any atom is -0.490 e. The van der Waals surface area contributed by atoms with E-state index in [0.717, 1.165) is 35.3 Å². The highest BCUT2D eigenvalue weighted by molar-refractivity contribution is 5.95. The number of nitrogen functional groups attached to an aromatic ring is 1. The summed E-state index contributed by atoms with van der Waals surface area (Å²) < 4.78 is 11.9. The van der Waals surface area contributed by atoms with Gasteiger partial charge >= 0.3 is 0 Å². The summed E-state index contributed by atoms with van der Waals surface area (Å²) in [5, 5.41) is 7.57. The number of aryl methyl sites for hydroxylation is 1. The van der Waals surface area contributed by atoms with Crippen LogP contribution in [-0.4, -0.2) is 41.9 Å². The van der Waals surface area contributed by atoms with E-state index in [1.807, 2.05) is 93.3 Å². The number of nitrogens with two attached hydrogens (primary N) is 1. The third-order valence-corrected chi connectivity index (χ3v) is 6.17. The second-order valence-corrected chi connectivity index (χ2v) is 9.68. The molecule has 196 valence electrons. The Balaban J connectivity index is 1.58. The van der Waals surface area contributed by atoms with Gasteiger partial charge in [0, 0.05) is 23.2 Å². The second kappa shape index (κ2) is 12.9. The Labute approximate surface area is 220 Å². The first-order valence-electron chi connectivity index (χ1n) is 13.0. The molecule has 0 spiro atoms. The molecule has 37 heavy (non-hydrogen) atoms. The molecule has 3 aromatic rings. The fraction of sp³-hybridized carbons (Fsp3) is 0.355. The summed E-state index contributed by atoms with van der Waals surface area (Å²) in [5.41, 5.74) is 10.3. The largest absolute Gasteiger partial charge is 0.490 e. The number of carbonyl (C=O) groups is 1. The van der Waals surface area contributed by atoms with Gasteiger partial charge in [0.05, 0.1) is 0 Å². The Kier molecular flexibility index (Phi) is 9.72. The molecule has 0 heterocycles. The van der Waals surface area contributed by atoms with Gasteiger partial charge in [-0.2, -0.15) is 0 Å². The summed E-state index contributed by atoms with van der Waals surface area (Å²) in [6, 6.07) is 21.5. The number of benzene rings is 3. The van der Waals surface area contributed by atoms with Gasteiger partial charge < -0.3 is 20.1 Å². The highest BCUT2D eigenvalue weighted by atomic mass is 16.5. The van der Waals surface area contributed by atoms with Gasteiger partial charge in [0.2, 0.25) is 0 Å². The van der Waals surface area contributed by atoms with E-state index in [4.69, 9.17) is 20.6 Å². The molecule has 0 saturated carbocycles. The molecule has 0 atom stereocenters. The van der Waals surface area contributed by atoms with E-state index in [2.05, 4.69) is 13.0 Å². The van der Waals surface area contributed by atoms with E-state index in [0.29, 0.717) is 30.1 Å². The Morgan fingerprint density at radius 1 is 0.838 bits per heavy atom. The van der Waals surface area contributed by atoms with E-state index >= 15 is 0 Å². The molecule has 3 aromatic carbocycles. The highest BCUT2D eigenvalue weighted by Crippen LogP contribution is 2.28. The van der Waals surface area contributed by atoms with Crippen molar-refractivity contribution < 1.29 is 14.3 Å². The van der Waals surface area contributed by atoms with Crippen LogP contribution in [0.1, 0.15) is 62.5 Å². The molecule has 0 aliphatic rings. The first-order chi connectivity index (χ1) is 17.7. The molecule has 0 fully saturated rings. The van der Waals surface area contributed by atoms with Gasteiger partial charge in [0.25, 0.3) is 5.91 Å². The SMILES string of the molecule is CCCc1cc(-c2ccc(C(=N)N)cc2)ccc1OCCOc1ccc(C(=O)N(C(C)C)C(C)C)cc1. The summed E-state index contributed by atoms with van der Waals surface area (Å²) in [6.07, 6.45) is 1.92. The van der Waals surface area contributed by atoms with Crippen molar-refractivity contribution in [3.8, 4) is 22.6 Å². The van der Waals surface area contributed by atoms with Crippen LogP contribution in [0.25, 0.3) is 11.1 Å². The number of amides is 1. The lowest BCUT2D eigenvalue weighted by Gasteiger charge is -2.30. The van der Waals surface area contributed by atoms with Crippen molar-refractivity contribution in [2.75, 3.05) is 13.2 Å². The summed E-state index contributed by atoms with van der Waals surface area (Å²) in [7, 11) is 0. The molecule has 0 aromatic heterocycles. The Bertz CT molecular complexity index is 1180. The quantitative estimate of drug-likeness (QED) is 0.173. The van der Waals surface area contributed by atoms with Gasteiger partial charge in [-0.25, -0.2) is 0 Å². The third-order valence-electron chi connectivity index (χ3n) is 6.17. The van der Waals surface area contributed by atoms with Gasteiger partial charge in [0.1, 0.15) is 30.5 Å². The van der Waals surface area contributed by atoms with E-state index in [1.54, 1.807) is 0 Å². The summed E-state index contributed by atoms with van der Waals surface area (Å²) in [4.78, 5) is 14.7. The maximum Gasteiger partial charge on any atom is 0.254 e. The molecule has 0 aliphatic carbocycles. The predicted molar refractivity (Wildman–Crippen MR) is 151 cm³/mol. The van der Waals surface area contributed by atoms with Crippen LogP contribution in [0.3, 0.4) is 0 Å². The molecule has 0 saturated heterocycles. The average molecular weight is 502 g/mol. The molecule has 6 nitrogen and oxygen atoms in total. The van der Waals surface area contributed by atoms with Crippen LogP contribution < -0.4 is 15.2 Å². The summed E-state index contributed by atoms with van der Waals surface area (Å²) >= 11 is 0. The van der Waals surface area contributed by atoms with Crippen molar-refractivity contribution in [1.29, 1.82) is 5.41 Å². The maximum absolute atomic E-state index is 12.8. The molecule has 6 heteroatoms. The smallest absolute Gasteiger partial charge is 0.254 e. The van der Waals surface area contributed by atoms with Gasteiger partial charge in [-0.3, -0.25) is 10.2 Å². The fourth-order valence-corrected chi connectivity index (χ4v) is 4.43. The van der Waals surface area contributed by atoms with Crippen molar-refractivity contribution in [1.82, 2.24) is 4.90 Å². The molecule has 0 aliphatic heterocycles. The first kappa shape index (κ1) is 27.8. The lowest BCUT2D eigenvalue weighted by molar-refractivity contribution is 0.0643. The predicted octanol–water partition coefficient (Wildman–Crippen LogP) is 6.31. The van der Waals surface area contributed by atoms with Crippen LogP contribution in [0.15, 0.2) is 66.7 Å². The second-order valence-electron chi connectivity index (χ2n) is 9.68. The van der Waals surface area contributed by atoms with Crippen molar-refractivity contribution in [2.24, 2.45) is 5.73 Å². The Morgan fingerprint density at radius 3 is 1.97 bits per heavy atom. The van der Waals surface area contributed by atoms with Crippen molar-refractivity contribution in [3.05, 3.63) is 83.4 Å². The Morgan fingerprint density at radius 2 is 1.41 bits per heavy atom. The minimum atomic E-state index is 0.0292. The highest BCUT2D eigenvalue weighted by Gasteiger charge is 2.21. The van der Waals surface area contributed by atoms with E-state index < -0.39 is 0 Å². The lowest BCUT2D eigenvalue weighted by atomic mass is 9.99. The van der Waals surface area contributed by atoms with Gasteiger partial charge in [-0.1, -0.05) is 43.7 Å². The van der Waals surface area contributed by atoms with Crippen molar-refractivity contribution in [3.63, 3.8) is 0 Å². The lowest BCUT2D eigenvalue weighted by Crippen LogP contribution is -2.42. The summed E-state index contributed by atoms with van der Waals surface area (Å²) in [6.45, 7) is 11.1. The first-order valence-corrected chi connectivity index (χ1v) is 13.0. The average Bonchev–Trinajstić information content (AvgIpc) is 2.87. The van der Waals surface area contributed by atoms with Crippen LogP contribution in [-0.2, 0) is 6.42 Å². The standard InChI is InChI=1S/C31H39N3O3/c1-6-7-27-20-26(23-8-10-24(11-9-23)30(32)33)14-17-29(27)37-19-18-36-28-15-12-25(13-16-28)31(35)34(21(2)3)22(4)5/h8-17,20-22H,6-7,18-19H2,1-5H3,(H3,32,33). The zero-order valence-electron chi connectivity index (χ0n) is 22.6. The van der Waals surface area contributed by atoms with Crippen LogP contribution in [0.2, 0.25) is 0 Å². The van der Waals surface area contributed by atoms with Gasteiger partial charge in [-0.15, -0.1) is 0 Å². The molecule has 0 radical (unpaired) electrons. The van der Waals surface area contributed by atoms with Crippen molar-refractivity contribution >= 4 is 11.7 Å². The third kappa shape index (κ3) is 7.35. The zero-order chi connectivity index (χ0) is 26.9. The van der Waals surface area contributed by atoms with Crippen LogP contribution in [0, 0.1) is 5.41 Å². The number of hydrogen-bond acceptors (Lipinski definition) is 4. The molecule has 0 unspecified atom stereocenters. The van der Waals surface area contributed by atoms with Crippen molar-refractivity contribution in [2.45, 2.75) is 59.5 Å². The topological polar surface area (TPSA) is 88.6 Å². The van der Waals surface area contributed by atoms with E-state index in [-0.39, 0.29) is 23.8 Å². The molecular formula is C31H39N3O3. The number of hydrogen-bond donors (Lipinski definition) is 2. The molecule has 1 amide bonds. The van der Waals surface area contributed by atoms with E-state index in [1.165, 1.54) is 0 Å². The minimum absolute atomic E-state index is 0.0292. The van der Waals surface area contributed by atoms with Crippen LogP contribution in [0.5, 0.6) is 11.5 Å². The molecule has 3 rings (SSSR count). The Hall–Kier alpha value is -3.80. The summed E-state index contributed by atoms with van der Waals surface area (Å²) in [5.74, 6) is 1.66.